The third kappa shape index (κ3) is 38.7. The Labute approximate surface area is 277 Å². The van der Waals surface area contributed by atoms with Crippen LogP contribution in [0.5, 0.6) is 0 Å². The fourth-order valence-corrected chi connectivity index (χ4v) is 5.55. The summed E-state index contributed by atoms with van der Waals surface area (Å²) in [5, 5.41) is 0. The molecule has 0 radical (unpaired) electrons. The number of ether oxygens (including phenoxy) is 1. The molecule has 0 atom stereocenters. The zero-order chi connectivity index (χ0) is 27.6. The van der Waals surface area contributed by atoms with Crippen LogP contribution in [0.15, 0.2) is 0 Å². The summed E-state index contributed by atoms with van der Waals surface area (Å²) >= 11 is 0. The molecule has 39 heavy (non-hydrogen) atoms. The maximum absolute atomic E-state index is 11.9. The molecule has 232 valence electrons. The van der Waals surface area contributed by atoms with Gasteiger partial charge in [0.25, 0.3) is 0 Å². The first-order valence-corrected chi connectivity index (χ1v) is 18.0. The van der Waals surface area contributed by atoms with Crippen molar-refractivity contribution >= 4 is 43.7 Å². The Hall–Kier alpha value is 0.730. The van der Waals surface area contributed by atoms with E-state index >= 15 is 0 Å². The zero-order valence-electron chi connectivity index (χ0n) is 26.7. The molecule has 0 rings (SSSR count). The van der Waals surface area contributed by atoms with Crippen molar-refractivity contribution in [3.8, 4) is 0 Å². The van der Waals surface area contributed by atoms with Gasteiger partial charge in [-0.3, -0.25) is 4.79 Å². The quantitative estimate of drug-likeness (QED) is 0.0440. The molecule has 0 bridgehead atoms. The Bertz CT molecular complexity index is 440. The molecular formula is C36H74CaO2. The summed E-state index contributed by atoms with van der Waals surface area (Å²) < 4.78 is 5.44. The predicted molar refractivity (Wildman–Crippen MR) is 179 cm³/mol. The van der Waals surface area contributed by atoms with Crippen molar-refractivity contribution in [1.82, 2.24) is 0 Å². The van der Waals surface area contributed by atoms with E-state index in [4.69, 9.17) is 4.74 Å². The van der Waals surface area contributed by atoms with E-state index in [1.807, 2.05) is 0 Å². The second-order valence-corrected chi connectivity index (χ2v) is 12.2. The molecule has 0 spiro atoms. The van der Waals surface area contributed by atoms with Crippen LogP contribution in [0.4, 0.5) is 0 Å². The topological polar surface area (TPSA) is 26.3 Å². The van der Waals surface area contributed by atoms with Gasteiger partial charge < -0.3 is 4.74 Å². The predicted octanol–water partition coefficient (Wildman–Crippen LogP) is 12.1. The second kappa shape index (κ2) is 38.7. The molecule has 0 heterocycles. The van der Waals surface area contributed by atoms with E-state index in [1.165, 1.54) is 186 Å². The summed E-state index contributed by atoms with van der Waals surface area (Å²) in [6.07, 6.45) is 43.1. The van der Waals surface area contributed by atoms with Crippen LogP contribution in [0.25, 0.3) is 0 Å². The normalized spacial score (nSPS) is 11.0. The SMILES string of the molecule is CCCCCCCCCCCCCCCCCCOC(=O)CCCCCCCCCCCCCCCCC.[CaH2]. The number of carbonyl (C=O) groups excluding carboxylic acids is 1. The second-order valence-electron chi connectivity index (χ2n) is 12.2. The Morgan fingerprint density at radius 1 is 0.359 bits per heavy atom. The summed E-state index contributed by atoms with van der Waals surface area (Å²) in [5.41, 5.74) is 0. The van der Waals surface area contributed by atoms with Crippen LogP contribution in [-0.4, -0.2) is 50.3 Å². The molecule has 0 aliphatic heterocycles. The molecule has 0 saturated carbocycles. The molecule has 0 amide bonds. The van der Waals surface area contributed by atoms with Gasteiger partial charge in [-0.15, -0.1) is 0 Å². The van der Waals surface area contributed by atoms with Crippen molar-refractivity contribution in [2.75, 3.05) is 6.61 Å². The zero-order valence-corrected chi connectivity index (χ0v) is 26.7. The Kier molecular flexibility index (Phi) is 41.6. The monoisotopic (exact) mass is 579 g/mol. The minimum atomic E-state index is 0. The van der Waals surface area contributed by atoms with Crippen LogP contribution in [0.1, 0.15) is 219 Å². The van der Waals surface area contributed by atoms with Gasteiger partial charge in [0.05, 0.1) is 6.61 Å². The van der Waals surface area contributed by atoms with Crippen molar-refractivity contribution in [2.45, 2.75) is 219 Å². The Morgan fingerprint density at radius 2 is 0.590 bits per heavy atom. The fourth-order valence-electron chi connectivity index (χ4n) is 5.55. The van der Waals surface area contributed by atoms with Gasteiger partial charge in [0.2, 0.25) is 0 Å². The van der Waals surface area contributed by atoms with Gasteiger partial charge in [-0.1, -0.05) is 200 Å². The molecule has 0 fully saturated rings. The van der Waals surface area contributed by atoms with E-state index in [2.05, 4.69) is 13.8 Å². The average Bonchev–Trinajstić information content (AvgIpc) is 2.92. The van der Waals surface area contributed by atoms with Crippen LogP contribution in [0, 0.1) is 0 Å². The number of carbonyl (C=O) groups is 1. The number of hydrogen-bond donors (Lipinski definition) is 0. The minimum absolute atomic E-state index is 0. The average molecular weight is 579 g/mol. The first-order chi connectivity index (χ1) is 18.8. The van der Waals surface area contributed by atoms with Gasteiger partial charge in [-0.25, -0.2) is 0 Å². The summed E-state index contributed by atoms with van der Waals surface area (Å²) in [5.74, 6) is 0.0284. The number of esters is 1. The standard InChI is InChI=1S/C36H72O2.Ca.2H/c1-3-5-7-9-11-13-15-17-19-21-23-25-27-29-31-33-35-38-36(37)34-32-30-28-26-24-22-20-18-16-14-12-10-8-6-4-2;;;/h3-35H2,1-2H3;;;. The van der Waals surface area contributed by atoms with Crippen molar-refractivity contribution in [3.05, 3.63) is 0 Å². The molecule has 0 aliphatic carbocycles. The maximum atomic E-state index is 11.9. The van der Waals surface area contributed by atoms with Crippen LogP contribution in [0.3, 0.4) is 0 Å². The van der Waals surface area contributed by atoms with Crippen LogP contribution < -0.4 is 0 Å². The van der Waals surface area contributed by atoms with E-state index in [1.54, 1.807) is 0 Å². The molecule has 0 aromatic carbocycles. The first kappa shape index (κ1) is 41.9. The summed E-state index contributed by atoms with van der Waals surface area (Å²) in [4.78, 5) is 11.9. The van der Waals surface area contributed by atoms with Gasteiger partial charge in [-0.2, -0.15) is 0 Å². The first-order valence-electron chi connectivity index (χ1n) is 18.0. The fraction of sp³-hybridized carbons (Fsp3) is 0.972. The van der Waals surface area contributed by atoms with Crippen molar-refractivity contribution < 1.29 is 9.53 Å². The number of rotatable bonds is 33. The molecular weight excluding hydrogens is 504 g/mol. The molecule has 0 aromatic rings. The third-order valence-corrected chi connectivity index (χ3v) is 8.25. The van der Waals surface area contributed by atoms with Crippen molar-refractivity contribution in [3.63, 3.8) is 0 Å². The molecule has 0 saturated heterocycles. The van der Waals surface area contributed by atoms with Gasteiger partial charge in [0.1, 0.15) is 0 Å². The van der Waals surface area contributed by atoms with E-state index in [0.717, 1.165) is 12.8 Å². The summed E-state index contributed by atoms with van der Waals surface area (Å²) in [6, 6.07) is 0. The van der Waals surface area contributed by atoms with Crippen LogP contribution >= 0.6 is 0 Å². The molecule has 0 aliphatic rings. The van der Waals surface area contributed by atoms with Crippen LogP contribution in [-0.2, 0) is 9.53 Å². The van der Waals surface area contributed by atoms with Gasteiger partial charge in [0.15, 0.2) is 0 Å². The molecule has 2 nitrogen and oxygen atoms in total. The Morgan fingerprint density at radius 3 is 0.872 bits per heavy atom. The van der Waals surface area contributed by atoms with E-state index in [0.29, 0.717) is 13.0 Å². The van der Waals surface area contributed by atoms with Crippen LogP contribution in [0.2, 0.25) is 0 Å². The number of unbranched alkanes of at least 4 members (excludes halogenated alkanes) is 29. The van der Waals surface area contributed by atoms with Gasteiger partial charge >= 0.3 is 43.7 Å². The molecule has 3 heteroatoms. The summed E-state index contributed by atoms with van der Waals surface area (Å²) in [6.45, 7) is 5.22. The van der Waals surface area contributed by atoms with Gasteiger partial charge in [-0.05, 0) is 12.8 Å². The number of hydrogen-bond acceptors (Lipinski definition) is 2. The van der Waals surface area contributed by atoms with E-state index in [9.17, 15) is 4.79 Å². The van der Waals surface area contributed by atoms with Crippen molar-refractivity contribution in [2.24, 2.45) is 0 Å². The molecule has 0 aromatic heterocycles. The Balaban J connectivity index is 0. The third-order valence-electron chi connectivity index (χ3n) is 8.25. The van der Waals surface area contributed by atoms with E-state index in [-0.39, 0.29) is 43.7 Å². The molecule has 0 unspecified atom stereocenters. The molecule has 0 N–H and O–H groups in total. The van der Waals surface area contributed by atoms with Gasteiger partial charge in [0, 0.05) is 6.42 Å². The summed E-state index contributed by atoms with van der Waals surface area (Å²) in [7, 11) is 0. The van der Waals surface area contributed by atoms with E-state index < -0.39 is 0 Å². The van der Waals surface area contributed by atoms with Crippen molar-refractivity contribution in [1.29, 1.82) is 0 Å².